The Labute approximate surface area is 85.5 Å². The molecule has 1 aromatic heterocycles. The molecule has 0 aliphatic heterocycles. The van der Waals surface area contributed by atoms with E-state index in [2.05, 4.69) is 15.5 Å². The fourth-order valence-electron chi connectivity index (χ4n) is 1.37. The molecule has 78 valence electrons. The molecule has 0 unspecified atom stereocenters. The van der Waals surface area contributed by atoms with Gasteiger partial charge in [0.2, 0.25) is 5.91 Å². The van der Waals surface area contributed by atoms with Crippen LogP contribution in [-0.4, -0.2) is 16.1 Å². The topological polar surface area (TPSA) is 57.8 Å². The molecule has 0 bridgehead atoms. The third-order valence-corrected chi connectivity index (χ3v) is 2.13. The quantitative estimate of drug-likeness (QED) is 0.780. The minimum atomic E-state index is -0.347. The predicted molar refractivity (Wildman–Crippen MR) is 53.6 cm³/mol. The number of carbonyl (C=O) groups excluding carboxylic acids is 1. The number of rotatable bonds is 2. The smallest absolute Gasteiger partial charge is 0.217 e. The molecule has 2 N–H and O–H groups in total. The summed E-state index contributed by atoms with van der Waals surface area (Å²) in [5, 5.41) is 9.86. The highest BCUT2D eigenvalue weighted by Crippen LogP contribution is 2.16. The van der Waals surface area contributed by atoms with Crippen molar-refractivity contribution in [3.63, 3.8) is 0 Å². The molecular weight excluding hydrogens is 197 g/mol. The molecule has 0 fully saturated rings. The molecule has 4 nitrogen and oxygen atoms in total. The monoisotopic (exact) mass is 207 g/mol. The van der Waals surface area contributed by atoms with Crippen molar-refractivity contribution in [1.82, 2.24) is 15.5 Å². The SMILES string of the molecule is CC(=O)NCc1cc2cn[nH]c2cc1F. The lowest BCUT2D eigenvalue weighted by atomic mass is 10.1. The summed E-state index contributed by atoms with van der Waals surface area (Å²) < 4.78 is 13.4. The second-order valence-electron chi connectivity index (χ2n) is 3.31. The Balaban J connectivity index is 2.33. The van der Waals surface area contributed by atoms with Gasteiger partial charge in [0, 0.05) is 24.4 Å². The van der Waals surface area contributed by atoms with E-state index in [1.807, 2.05) is 0 Å². The highest BCUT2D eigenvalue weighted by Gasteiger charge is 2.06. The maximum Gasteiger partial charge on any atom is 0.217 e. The van der Waals surface area contributed by atoms with Crippen molar-refractivity contribution in [2.24, 2.45) is 0 Å². The van der Waals surface area contributed by atoms with Crippen LogP contribution in [0, 0.1) is 5.82 Å². The number of benzene rings is 1. The molecule has 0 saturated carbocycles. The van der Waals surface area contributed by atoms with Gasteiger partial charge in [-0.15, -0.1) is 0 Å². The molecule has 0 radical (unpaired) electrons. The molecular formula is C10H10FN3O. The first kappa shape index (κ1) is 9.64. The lowest BCUT2D eigenvalue weighted by molar-refractivity contribution is -0.119. The number of H-pyrrole nitrogens is 1. The molecule has 15 heavy (non-hydrogen) atoms. The fraction of sp³-hybridized carbons (Fsp3) is 0.200. The van der Waals surface area contributed by atoms with Crippen molar-refractivity contribution in [2.45, 2.75) is 13.5 Å². The molecule has 5 heteroatoms. The third-order valence-electron chi connectivity index (χ3n) is 2.13. The van der Waals surface area contributed by atoms with Crippen molar-refractivity contribution in [2.75, 3.05) is 0 Å². The van der Waals surface area contributed by atoms with Crippen LogP contribution in [-0.2, 0) is 11.3 Å². The summed E-state index contributed by atoms with van der Waals surface area (Å²) in [4.78, 5) is 10.7. The van der Waals surface area contributed by atoms with Gasteiger partial charge < -0.3 is 5.32 Å². The highest BCUT2D eigenvalue weighted by atomic mass is 19.1. The zero-order valence-electron chi connectivity index (χ0n) is 8.17. The average Bonchev–Trinajstić information content (AvgIpc) is 2.60. The van der Waals surface area contributed by atoms with Gasteiger partial charge in [-0.2, -0.15) is 5.10 Å². The maximum atomic E-state index is 13.4. The van der Waals surface area contributed by atoms with Gasteiger partial charge in [-0.25, -0.2) is 4.39 Å². The van der Waals surface area contributed by atoms with E-state index < -0.39 is 0 Å². The third kappa shape index (κ3) is 1.96. The van der Waals surface area contributed by atoms with Crippen LogP contribution < -0.4 is 5.32 Å². The van der Waals surface area contributed by atoms with Gasteiger partial charge in [0.1, 0.15) is 5.82 Å². The van der Waals surface area contributed by atoms with Crippen LogP contribution in [0.3, 0.4) is 0 Å². The predicted octanol–water partition coefficient (Wildman–Crippen LogP) is 1.34. The molecule has 2 rings (SSSR count). The molecule has 1 heterocycles. The fourth-order valence-corrected chi connectivity index (χ4v) is 1.37. The van der Waals surface area contributed by atoms with Crippen molar-refractivity contribution in [3.05, 3.63) is 29.7 Å². The molecule has 2 aromatic rings. The second kappa shape index (κ2) is 3.68. The van der Waals surface area contributed by atoms with Crippen molar-refractivity contribution < 1.29 is 9.18 Å². The van der Waals surface area contributed by atoms with Crippen molar-refractivity contribution in [3.8, 4) is 0 Å². The van der Waals surface area contributed by atoms with Gasteiger partial charge in [-0.3, -0.25) is 9.89 Å². The molecule has 0 spiro atoms. The maximum absolute atomic E-state index is 13.4. The summed E-state index contributed by atoms with van der Waals surface area (Å²) in [6.07, 6.45) is 1.62. The number of halogens is 1. The Morgan fingerprint density at radius 3 is 3.13 bits per heavy atom. The number of nitrogens with one attached hydrogen (secondary N) is 2. The van der Waals surface area contributed by atoms with Crippen LogP contribution in [0.4, 0.5) is 4.39 Å². The molecule has 0 aliphatic carbocycles. The number of fused-ring (bicyclic) bond motifs is 1. The normalized spacial score (nSPS) is 10.5. The van der Waals surface area contributed by atoms with E-state index in [1.165, 1.54) is 13.0 Å². The summed E-state index contributed by atoms with van der Waals surface area (Å²) in [5.74, 6) is -0.526. The zero-order valence-corrected chi connectivity index (χ0v) is 8.17. The van der Waals surface area contributed by atoms with E-state index in [-0.39, 0.29) is 18.3 Å². The van der Waals surface area contributed by atoms with Gasteiger partial charge in [-0.1, -0.05) is 0 Å². The summed E-state index contributed by atoms with van der Waals surface area (Å²) in [5.41, 5.74) is 1.11. The Hall–Kier alpha value is -1.91. The van der Waals surface area contributed by atoms with E-state index in [4.69, 9.17) is 0 Å². The van der Waals surface area contributed by atoms with Gasteiger partial charge in [0.15, 0.2) is 0 Å². The molecule has 1 amide bonds. The van der Waals surface area contributed by atoms with Crippen LogP contribution in [0.25, 0.3) is 10.9 Å². The van der Waals surface area contributed by atoms with Crippen molar-refractivity contribution >= 4 is 16.8 Å². The van der Waals surface area contributed by atoms with Crippen LogP contribution in [0.15, 0.2) is 18.3 Å². The number of aromatic amines is 1. The summed E-state index contributed by atoms with van der Waals surface area (Å²) in [6, 6.07) is 3.05. The first-order chi connectivity index (χ1) is 7.16. The minimum Gasteiger partial charge on any atom is -0.352 e. The largest absolute Gasteiger partial charge is 0.352 e. The molecule has 0 atom stereocenters. The number of nitrogens with zero attached hydrogens (tertiary/aromatic N) is 1. The Bertz CT molecular complexity index is 506. The Kier molecular flexibility index (Phi) is 2.37. The number of hydrogen-bond acceptors (Lipinski definition) is 2. The van der Waals surface area contributed by atoms with E-state index in [0.717, 1.165) is 5.39 Å². The average molecular weight is 207 g/mol. The summed E-state index contributed by atoms with van der Waals surface area (Å²) in [7, 11) is 0. The molecule has 0 aliphatic rings. The molecule has 0 saturated heterocycles. The first-order valence-corrected chi connectivity index (χ1v) is 4.53. The lowest BCUT2D eigenvalue weighted by Gasteiger charge is -2.03. The van der Waals surface area contributed by atoms with Gasteiger partial charge in [0.25, 0.3) is 0 Å². The van der Waals surface area contributed by atoms with Crippen LogP contribution in [0.5, 0.6) is 0 Å². The van der Waals surface area contributed by atoms with Gasteiger partial charge >= 0.3 is 0 Å². The van der Waals surface area contributed by atoms with Gasteiger partial charge in [-0.05, 0) is 12.1 Å². The Morgan fingerprint density at radius 1 is 1.60 bits per heavy atom. The Morgan fingerprint density at radius 2 is 2.40 bits per heavy atom. The number of carbonyl (C=O) groups is 1. The summed E-state index contributed by atoms with van der Waals surface area (Å²) >= 11 is 0. The van der Waals surface area contributed by atoms with E-state index in [1.54, 1.807) is 12.3 Å². The van der Waals surface area contributed by atoms with Crippen LogP contribution >= 0.6 is 0 Å². The molecule has 1 aromatic carbocycles. The number of amides is 1. The van der Waals surface area contributed by atoms with E-state index in [0.29, 0.717) is 11.1 Å². The van der Waals surface area contributed by atoms with Crippen LogP contribution in [0.2, 0.25) is 0 Å². The van der Waals surface area contributed by atoms with E-state index in [9.17, 15) is 9.18 Å². The van der Waals surface area contributed by atoms with E-state index >= 15 is 0 Å². The number of hydrogen-bond donors (Lipinski definition) is 2. The lowest BCUT2D eigenvalue weighted by Crippen LogP contribution is -2.19. The minimum absolute atomic E-state index is 0.179. The standard InChI is InChI=1S/C10H10FN3O/c1-6(15)12-4-7-2-8-5-13-14-10(8)3-9(7)11/h2-3,5H,4H2,1H3,(H,12,15)(H,13,14). The first-order valence-electron chi connectivity index (χ1n) is 4.53. The van der Waals surface area contributed by atoms with Gasteiger partial charge in [0.05, 0.1) is 11.7 Å². The van der Waals surface area contributed by atoms with Crippen LogP contribution in [0.1, 0.15) is 12.5 Å². The highest BCUT2D eigenvalue weighted by molar-refractivity contribution is 5.79. The summed E-state index contributed by atoms with van der Waals surface area (Å²) in [6.45, 7) is 1.59. The second-order valence-corrected chi connectivity index (χ2v) is 3.31. The zero-order chi connectivity index (χ0) is 10.8. The van der Waals surface area contributed by atoms with Crippen molar-refractivity contribution in [1.29, 1.82) is 0 Å². The number of aromatic nitrogens is 2.